The van der Waals surface area contributed by atoms with Crippen LogP contribution in [0, 0.1) is 0 Å². The third-order valence-corrected chi connectivity index (χ3v) is 3.61. The molecular formula is C15H19BrN2O. The number of hydrogen-bond acceptors (Lipinski definition) is 2. The second-order valence-electron chi connectivity index (χ2n) is 4.88. The molecule has 1 aromatic heterocycles. The van der Waals surface area contributed by atoms with Crippen LogP contribution in [-0.4, -0.2) is 28.2 Å². The molecule has 0 bridgehead atoms. The maximum atomic E-state index is 10.2. The second-order valence-corrected chi connectivity index (χ2v) is 5.80. The van der Waals surface area contributed by atoms with Crippen LogP contribution in [0.3, 0.4) is 0 Å². The first-order valence-corrected chi connectivity index (χ1v) is 7.08. The lowest BCUT2D eigenvalue weighted by Gasteiger charge is -2.21. The molecule has 2 rings (SSSR count). The molecule has 0 aliphatic heterocycles. The van der Waals surface area contributed by atoms with Crippen molar-refractivity contribution >= 4 is 15.9 Å². The maximum Gasteiger partial charge on any atom is 0.0916 e. The lowest BCUT2D eigenvalue weighted by atomic mass is 10.1. The van der Waals surface area contributed by atoms with Gasteiger partial charge < -0.3 is 9.67 Å². The molecule has 1 atom stereocenters. The Labute approximate surface area is 122 Å². The molecule has 0 fully saturated rings. The molecule has 1 unspecified atom stereocenters. The molecule has 0 aliphatic rings. The second kappa shape index (κ2) is 6.37. The monoisotopic (exact) mass is 322 g/mol. The van der Waals surface area contributed by atoms with Crippen molar-refractivity contribution in [3.63, 3.8) is 0 Å². The first-order chi connectivity index (χ1) is 9.06. The van der Waals surface area contributed by atoms with E-state index in [2.05, 4.69) is 31.5 Å². The highest BCUT2D eigenvalue weighted by molar-refractivity contribution is 9.10. The molecule has 0 aliphatic carbocycles. The highest BCUT2D eigenvalue weighted by Crippen LogP contribution is 2.17. The zero-order valence-electron chi connectivity index (χ0n) is 11.3. The Balaban J connectivity index is 1.94. The molecular weight excluding hydrogens is 304 g/mol. The average molecular weight is 323 g/mol. The van der Waals surface area contributed by atoms with Gasteiger partial charge in [0, 0.05) is 36.5 Å². The number of rotatable bonds is 5. The number of likely N-dealkylation sites (N-methyl/N-ethyl adjacent to an activating group) is 1. The number of benzene rings is 1. The smallest absolute Gasteiger partial charge is 0.0916 e. The molecule has 1 aromatic carbocycles. The van der Waals surface area contributed by atoms with E-state index in [4.69, 9.17) is 0 Å². The van der Waals surface area contributed by atoms with Gasteiger partial charge in [0.05, 0.1) is 6.10 Å². The fraction of sp³-hybridized carbons (Fsp3) is 0.333. The van der Waals surface area contributed by atoms with Gasteiger partial charge in [-0.1, -0.05) is 30.3 Å². The highest BCUT2D eigenvalue weighted by atomic mass is 79.9. The van der Waals surface area contributed by atoms with Crippen LogP contribution in [0.1, 0.15) is 17.4 Å². The number of aromatic nitrogens is 1. The van der Waals surface area contributed by atoms with Gasteiger partial charge in [0.1, 0.15) is 0 Å². The number of nitrogens with zero attached hydrogens (tertiary/aromatic N) is 2. The summed E-state index contributed by atoms with van der Waals surface area (Å²) >= 11 is 3.47. The van der Waals surface area contributed by atoms with E-state index in [1.165, 1.54) is 5.69 Å². The van der Waals surface area contributed by atoms with Gasteiger partial charge in [-0.2, -0.15) is 0 Å². The molecule has 102 valence electrons. The summed E-state index contributed by atoms with van der Waals surface area (Å²) in [4.78, 5) is 2.12. The molecule has 2 aromatic rings. The molecule has 0 radical (unpaired) electrons. The Kier molecular flexibility index (Phi) is 4.80. The Hall–Kier alpha value is -1.10. The summed E-state index contributed by atoms with van der Waals surface area (Å²) in [6, 6.07) is 11.9. The van der Waals surface area contributed by atoms with Crippen LogP contribution >= 0.6 is 15.9 Å². The Morgan fingerprint density at radius 1 is 1.32 bits per heavy atom. The van der Waals surface area contributed by atoms with Gasteiger partial charge in [-0.15, -0.1) is 0 Å². The van der Waals surface area contributed by atoms with Gasteiger partial charge in [0.25, 0.3) is 0 Å². The van der Waals surface area contributed by atoms with Gasteiger partial charge in [-0.05, 0) is 34.6 Å². The van der Waals surface area contributed by atoms with Crippen molar-refractivity contribution in [1.29, 1.82) is 0 Å². The fourth-order valence-corrected chi connectivity index (χ4v) is 2.71. The minimum atomic E-state index is -0.449. The summed E-state index contributed by atoms with van der Waals surface area (Å²) in [5.74, 6) is 0. The Morgan fingerprint density at radius 2 is 2.00 bits per heavy atom. The molecule has 0 spiro atoms. The minimum Gasteiger partial charge on any atom is -0.387 e. The molecule has 3 nitrogen and oxygen atoms in total. The average Bonchev–Trinajstić information content (AvgIpc) is 2.68. The van der Waals surface area contributed by atoms with Crippen LogP contribution in [0.2, 0.25) is 0 Å². The Bertz CT molecular complexity index is 524. The fourth-order valence-electron chi connectivity index (χ4n) is 2.14. The zero-order valence-corrected chi connectivity index (χ0v) is 12.8. The summed E-state index contributed by atoms with van der Waals surface area (Å²) in [7, 11) is 4.05. The third-order valence-electron chi connectivity index (χ3n) is 3.18. The molecule has 19 heavy (non-hydrogen) atoms. The summed E-state index contributed by atoms with van der Waals surface area (Å²) in [5.41, 5.74) is 2.18. The van der Waals surface area contributed by atoms with Crippen LogP contribution in [0.4, 0.5) is 0 Å². The van der Waals surface area contributed by atoms with E-state index in [-0.39, 0.29) is 0 Å². The Morgan fingerprint density at radius 3 is 2.58 bits per heavy atom. The number of aliphatic hydroxyl groups excluding tert-OH is 1. The molecule has 4 heteroatoms. The molecule has 0 saturated carbocycles. The predicted octanol–water partition coefficient (Wildman–Crippen LogP) is 2.95. The number of aryl methyl sites for hydroxylation is 1. The largest absolute Gasteiger partial charge is 0.387 e. The lowest BCUT2D eigenvalue weighted by Crippen LogP contribution is -2.25. The van der Waals surface area contributed by atoms with Crippen LogP contribution in [-0.2, 0) is 13.6 Å². The normalized spacial score (nSPS) is 12.9. The van der Waals surface area contributed by atoms with Crippen LogP contribution in [0.5, 0.6) is 0 Å². The van der Waals surface area contributed by atoms with Crippen molar-refractivity contribution in [1.82, 2.24) is 9.47 Å². The van der Waals surface area contributed by atoms with Gasteiger partial charge in [0.15, 0.2) is 0 Å². The standard InChI is InChI=1S/C15H19BrN2O/c1-17(10-14-8-13(16)9-18(14)2)11-15(19)12-6-4-3-5-7-12/h3-9,15,19H,10-11H2,1-2H3. The summed E-state index contributed by atoms with van der Waals surface area (Å²) in [5, 5.41) is 10.2. The van der Waals surface area contributed by atoms with Crippen molar-refractivity contribution in [2.45, 2.75) is 12.6 Å². The van der Waals surface area contributed by atoms with Crippen molar-refractivity contribution in [3.05, 3.63) is 58.3 Å². The number of aliphatic hydroxyl groups is 1. The minimum absolute atomic E-state index is 0.449. The molecule has 0 saturated heterocycles. The molecule has 0 amide bonds. The summed E-state index contributed by atoms with van der Waals surface area (Å²) in [6.45, 7) is 1.43. The van der Waals surface area contributed by atoms with E-state index in [1.54, 1.807) is 0 Å². The van der Waals surface area contributed by atoms with E-state index in [9.17, 15) is 5.11 Å². The summed E-state index contributed by atoms with van der Waals surface area (Å²) < 4.78 is 3.18. The van der Waals surface area contributed by atoms with Crippen molar-refractivity contribution in [2.24, 2.45) is 7.05 Å². The van der Waals surface area contributed by atoms with Gasteiger partial charge in [-0.3, -0.25) is 4.90 Å². The highest BCUT2D eigenvalue weighted by Gasteiger charge is 2.12. The maximum absolute atomic E-state index is 10.2. The number of halogens is 1. The van der Waals surface area contributed by atoms with Crippen molar-refractivity contribution in [3.8, 4) is 0 Å². The van der Waals surface area contributed by atoms with Gasteiger partial charge in [-0.25, -0.2) is 0 Å². The first kappa shape index (κ1) is 14.3. The topological polar surface area (TPSA) is 28.4 Å². The summed E-state index contributed by atoms with van der Waals surface area (Å²) in [6.07, 6.45) is 1.59. The van der Waals surface area contributed by atoms with E-state index >= 15 is 0 Å². The molecule has 1 heterocycles. The van der Waals surface area contributed by atoms with Crippen LogP contribution in [0.25, 0.3) is 0 Å². The van der Waals surface area contributed by atoms with Crippen molar-refractivity contribution < 1.29 is 5.11 Å². The van der Waals surface area contributed by atoms with E-state index in [0.717, 1.165) is 16.6 Å². The third kappa shape index (κ3) is 3.93. The predicted molar refractivity (Wildman–Crippen MR) is 80.8 cm³/mol. The van der Waals surface area contributed by atoms with E-state index in [0.29, 0.717) is 6.54 Å². The van der Waals surface area contributed by atoms with E-state index < -0.39 is 6.10 Å². The number of hydrogen-bond donors (Lipinski definition) is 1. The quantitative estimate of drug-likeness (QED) is 0.916. The lowest BCUT2D eigenvalue weighted by molar-refractivity contribution is 0.123. The first-order valence-electron chi connectivity index (χ1n) is 6.28. The molecule has 1 N–H and O–H groups in total. The van der Waals surface area contributed by atoms with Crippen LogP contribution < -0.4 is 0 Å². The van der Waals surface area contributed by atoms with E-state index in [1.807, 2.05) is 50.6 Å². The van der Waals surface area contributed by atoms with Crippen LogP contribution in [0.15, 0.2) is 47.1 Å². The van der Waals surface area contributed by atoms with Crippen molar-refractivity contribution in [2.75, 3.05) is 13.6 Å². The zero-order chi connectivity index (χ0) is 13.8. The van der Waals surface area contributed by atoms with Gasteiger partial charge in [0.2, 0.25) is 0 Å². The van der Waals surface area contributed by atoms with Gasteiger partial charge >= 0.3 is 0 Å². The SMILES string of the molecule is CN(Cc1cc(Br)cn1C)CC(O)c1ccccc1.